The highest BCUT2D eigenvalue weighted by atomic mass is 15.3. The van der Waals surface area contributed by atoms with E-state index in [0.717, 1.165) is 52.6 Å². The summed E-state index contributed by atoms with van der Waals surface area (Å²) < 4.78 is 4.89. The number of aromatic nitrogens is 2. The fourth-order valence-electron chi connectivity index (χ4n) is 8.88. The molecule has 2 aromatic heterocycles. The van der Waals surface area contributed by atoms with Crippen LogP contribution < -0.4 is 10.6 Å². The zero-order valence-corrected chi connectivity index (χ0v) is 31.6. The molecule has 0 amide bonds. The van der Waals surface area contributed by atoms with Crippen molar-refractivity contribution in [2.24, 2.45) is 9.98 Å². The number of fused-ring (bicyclic) bond motifs is 6. The van der Waals surface area contributed by atoms with Crippen LogP contribution in [0.2, 0.25) is 0 Å². The SMILES string of the molecule is CN1C(c2ccccc2)=NC(c2cccc(-n3c4c(c5cc6c7ccc(-c8ccccc8)cc7n(-c7ccccc7)c6cc53)=CCCC=4)c2)=NC1c1ccccc1. The van der Waals surface area contributed by atoms with Crippen LogP contribution in [-0.2, 0) is 0 Å². The lowest BCUT2D eigenvalue weighted by Crippen LogP contribution is -2.35. The molecule has 0 fully saturated rings. The van der Waals surface area contributed by atoms with Crippen LogP contribution in [0.1, 0.15) is 35.7 Å². The van der Waals surface area contributed by atoms with Gasteiger partial charge < -0.3 is 14.0 Å². The number of aliphatic imine (C=N–C) groups is 2. The first kappa shape index (κ1) is 33.1. The Bertz CT molecular complexity index is 3170. The first-order valence-electron chi connectivity index (χ1n) is 19.7. The molecule has 1 unspecified atom stereocenters. The molecule has 9 aromatic rings. The minimum atomic E-state index is -0.212. The molecule has 0 saturated heterocycles. The molecule has 272 valence electrons. The topological polar surface area (TPSA) is 37.8 Å². The Hall–Kier alpha value is -7.24. The predicted octanol–water partition coefficient (Wildman–Crippen LogP) is 10.6. The van der Waals surface area contributed by atoms with E-state index in [2.05, 4.69) is 203 Å². The molecule has 5 heteroatoms. The van der Waals surface area contributed by atoms with Gasteiger partial charge in [-0.1, -0.05) is 146 Å². The van der Waals surface area contributed by atoms with E-state index in [0.29, 0.717) is 0 Å². The molecule has 0 bridgehead atoms. The average molecular weight is 734 g/mol. The minimum Gasteiger partial charge on any atom is -0.333 e. The van der Waals surface area contributed by atoms with Crippen LogP contribution >= 0.6 is 0 Å². The van der Waals surface area contributed by atoms with E-state index in [1.165, 1.54) is 54.4 Å². The summed E-state index contributed by atoms with van der Waals surface area (Å²) in [5.74, 6) is 1.63. The van der Waals surface area contributed by atoms with Crippen LogP contribution in [-0.4, -0.2) is 32.8 Å². The number of para-hydroxylation sites is 1. The molecule has 1 aliphatic heterocycles. The zero-order valence-electron chi connectivity index (χ0n) is 31.6. The van der Waals surface area contributed by atoms with Crippen molar-refractivity contribution < 1.29 is 0 Å². The molecule has 3 heterocycles. The average Bonchev–Trinajstić information content (AvgIpc) is 3.78. The molecule has 1 aliphatic carbocycles. The van der Waals surface area contributed by atoms with Gasteiger partial charge in [0.05, 0.1) is 16.6 Å². The summed E-state index contributed by atoms with van der Waals surface area (Å²) >= 11 is 0. The van der Waals surface area contributed by atoms with Crippen molar-refractivity contribution in [3.05, 3.63) is 203 Å². The molecule has 11 rings (SSSR count). The van der Waals surface area contributed by atoms with Crippen molar-refractivity contribution in [2.75, 3.05) is 7.05 Å². The maximum absolute atomic E-state index is 5.32. The maximum Gasteiger partial charge on any atom is 0.159 e. The number of nitrogens with zero attached hydrogens (tertiary/aromatic N) is 5. The van der Waals surface area contributed by atoms with Crippen molar-refractivity contribution in [3.63, 3.8) is 0 Å². The van der Waals surface area contributed by atoms with Gasteiger partial charge >= 0.3 is 0 Å². The third-order valence-corrected chi connectivity index (χ3v) is 11.6. The molecular weight excluding hydrogens is 695 g/mol. The summed E-state index contributed by atoms with van der Waals surface area (Å²) in [7, 11) is 2.09. The molecular formula is C52H39N5. The number of hydrogen-bond donors (Lipinski definition) is 0. The smallest absolute Gasteiger partial charge is 0.159 e. The molecule has 2 aliphatic rings. The molecule has 7 aromatic carbocycles. The lowest BCUT2D eigenvalue weighted by Gasteiger charge is -2.32. The molecule has 57 heavy (non-hydrogen) atoms. The highest BCUT2D eigenvalue weighted by molar-refractivity contribution is 6.15. The van der Waals surface area contributed by atoms with Crippen LogP contribution in [0.3, 0.4) is 0 Å². The maximum atomic E-state index is 5.32. The van der Waals surface area contributed by atoms with E-state index in [1.54, 1.807) is 0 Å². The zero-order chi connectivity index (χ0) is 37.9. The second kappa shape index (κ2) is 13.5. The second-order valence-corrected chi connectivity index (χ2v) is 15.0. The molecule has 0 radical (unpaired) electrons. The quantitative estimate of drug-likeness (QED) is 0.168. The summed E-state index contributed by atoms with van der Waals surface area (Å²) in [6.07, 6.45) is 6.66. The van der Waals surface area contributed by atoms with Crippen LogP contribution in [0.15, 0.2) is 186 Å². The summed E-state index contributed by atoms with van der Waals surface area (Å²) in [4.78, 5) is 12.8. The summed E-state index contributed by atoms with van der Waals surface area (Å²) in [6.45, 7) is 0. The Morgan fingerprint density at radius 3 is 1.88 bits per heavy atom. The Morgan fingerprint density at radius 2 is 1.11 bits per heavy atom. The van der Waals surface area contributed by atoms with Crippen molar-refractivity contribution in [1.82, 2.24) is 14.0 Å². The van der Waals surface area contributed by atoms with Gasteiger partial charge in [0.1, 0.15) is 12.0 Å². The van der Waals surface area contributed by atoms with E-state index in [1.807, 2.05) is 6.07 Å². The van der Waals surface area contributed by atoms with Gasteiger partial charge in [-0.3, -0.25) is 0 Å². The first-order valence-corrected chi connectivity index (χ1v) is 19.7. The monoisotopic (exact) mass is 733 g/mol. The highest BCUT2D eigenvalue weighted by Crippen LogP contribution is 2.37. The Kier molecular flexibility index (Phi) is 7.85. The van der Waals surface area contributed by atoms with E-state index in [-0.39, 0.29) is 6.17 Å². The molecule has 0 saturated carbocycles. The van der Waals surface area contributed by atoms with Crippen molar-refractivity contribution in [1.29, 1.82) is 0 Å². The number of amidine groups is 2. The van der Waals surface area contributed by atoms with Gasteiger partial charge in [-0.2, -0.15) is 0 Å². The summed E-state index contributed by atoms with van der Waals surface area (Å²) in [5, 5.41) is 6.31. The van der Waals surface area contributed by atoms with E-state index >= 15 is 0 Å². The van der Waals surface area contributed by atoms with Gasteiger partial charge in [0.15, 0.2) is 5.84 Å². The number of hydrogen-bond acceptors (Lipinski definition) is 3. The minimum absolute atomic E-state index is 0.212. The van der Waals surface area contributed by atoms with Crippen LogP contribution in [0.5, 0.6) is 0 Å². The molecule has 5 nitrogen and oxygen atoms in total. The van der Waals surface area contributed by atoms with Gasteiger partial charge in [0.2, 0.25) is 0 Å². The first-order chi connectivity index (χ1) is 28.2. The third-order valence-electron chi connectivity index (χ3n) is 11.6. The molecule has 0 N–H and O–H groups in total. The summed E-state index contributed by atoms with van der Waals surface area (Å²) in [5.41, 5.74) is 11.4. The van der Waals surface area contributed by atoms with Crippen LogP contribution in [0, 0.1) is 0 Å². The van der Waals surface area contributed by atoms with Crippen LogP contribution in [0.4, 0.5) is 0 Å². The standard InChI is InChI=1S/C52H39N5/c1-55-51(36-19-8-3-9-20-36)53-50(54-52(55)37-21-10-4-11-22-37)39-23-16-26-41(31-39)57-46-28-15-14-27-42(46)44-33-45-43-30-29-38(35-17-6-2-7-18-35)32-47(43)56(48(45)34-49(44)57)40-24-12-5-13-25-40/h2-13,16-34,51H,14-15H2,1H3. The largest absolute Gasteiger partial charge is 0.333 e. The van der Waals surface area contributed by atoms with Gasteiger partial charge in [-0.15, -0.1) is 0 Å². The third kappa shape index (κ3) is 5.54. The van der Waals surface area contributed by atoms with Crippen molar-refractivity contribution in [3.8, 4) is 22.5 Å². The second-order valence-electron chi connectivity index (χ2n) is 15.0. The van der Waals surface area contributed by atoms with Crippen LogP contribution in [0.25, 0.3) is 67.4 Å². The van der Waals surface area contributed by atoms with Gasteiger partial charge in [-0.05, 0) is 72.0 Å². The van der Waals surface area contributed by atoms with E-state index < -0.39 is 0 Å². The number of rotatable bonds is 6. The highest BCUT2D eigenvalue weighted by Gasteiger charge is 2.27. The lowest BCUT2D eigenvalue weighted by molar-refractivity contribution is 0.383. The fourth-order valence-corrected chi connectivity index (χ4v) is 8.88. The Balaban J connectivity index is 1.14. The van der Waals surface area contributed by atoms with E-state index in [4.69, 9.17) is 9.98 Å². The van der Waals surface area contributed by atoms with E-state index in [9.17, 15) is 0 Å². The van der Waals surface area contributed by atoms with Gasteiger partial charge in [0, 0.05) is 56.3 Å². The molecule has 1 atom stereocenters. The fraction of sp³-hybridized carbons (Fsp3) is 0.0769. The number of benzene rings is 7. The molecule has 0 spiro atoms. The lowest BCUT2D eigenvalue weighted by atomic mass is 10.0. The van der Waals surface area contributed by atoms with Crippen molar-refractivity contribution >= 4 is 56.5 Å². The Morgan fingerprint density at radius 1 is 0.474 bits per heavy atom. The normalized spacial score (nSPS) is 15.2. The summed E-state index contributed by atoms with van der Waals surface area (Å²) in [6, 6.07) is 62.9. The Labute approximate surface area is 331 Å². The van der Waals surface area contributed by atoms with Gasteiger partial charge in [-0.25, -0.2) is 9.98 Å². The predicted molar refractivity (Wildman–Crippen MR) is 237 cm³/mol. The van der Waals surface area contributed by atoms with Crippen molar-refractivity contribution in [2.45, 2.75) is 19.0 Å². The van der Waals surface area contributed by atoms with Gasteiger partial charge in [0.25, 0.3) is 0 Å².